The maximum absolute atomic E-state index is 13.8. The molecule has 182 valence electrons. The first-order valence-electron chi connectivity index (χ1n) is 12.4. The number of allylic oxidation sites excluding steroid dienone is 2. The summed E-state index contributed by atoms with van der Waals surface area (Å²) in [4.78, 5) is 13.8. The van der Waals surface area contributed by atoms with Gasteiger partial charge in [0.15, 0.2) is 5.78 Å². The number of carbonyl (C=O) groups is 1. The summed E-state index contributed by atoms with van der Waals surface area (Å²) in [5.74, 6) is 0.869. The zero-order chi connectivity index (χ0) is 24.1. The molecule has 0 amide bonds. The standard InChI is InChI=1S/C28H34O4S2/c1-25-11-9-20(29)28(4)19-8-12-26(2)17(16-10-13-30-14-16)6-7-18(26)27(19,3)23(32-24(33)34-5)21(22(25)28)31-15-25/h7,9-11,13-14,17,19,21-23H,6,8,12,15H2,1-5H3/t17-,19-,21+,22-,23+,25-,26-,27-,28-/m0/s1. The van der Waals surface area contributed by atoms with Crippen molar-refractivity contribution < 1.29 is 18.7 Å². The number of ether oxygens (including phenoxy) is 2. The lowest BCUT2D eigenvalue weighted by molar-refractivity contribution is -0.194. The third kappa shape index (κ3) is 2.66. The molecule has 3 fully saturated rings. The largest absolute Gasteiger partial charge is 0.472 e. The van der Waals surface area contributed by atoms with Gasteiger partial charge in [-0.05, 0) is 72.7 Å². The summed E-state index contributed by atoms with van der Waals surface area (Å²) < 4.78 is 19.3. The van der Waals surface area contributed by atoms with Crippen LogP contribution >= 0.6 is 24.0 Å². The number of hydrogen-bond acceptors (Lipinski definition) is 6. The Morgan fingerprint density at radius 1 is 1.24 bits per heavy atom. The fraction of sp³-hybridized carbons (Fsp3) is 0.643. The van der Waals surface area contributed by atoms with Gasteiger partial charge in [0, 0.05) is 22.2 Å². The van der Waals surface area contributed by atoms with E-state index in [0.717, 1.165) is 19.3 Å². The Morgan fingerprint density at radius 2 is 2.03 bits per heavy atom. The molecule has 0 spiro atoms. The van der Waals surface area contributed by atoms with Crippen LogP contribution in [0.25, 0.3) is 0 Å². The van der Waals surface area contributed by atoms with Crippen molar-refractivity contribution in [3.05, 3.63) is 48.0 Å². The first-order chi connectivity index (χ1) is 16.1. The molecule has 9 atom stereocenters. The van der Waals surface area contributed by atoms with Gasteiger partial charge in [0.25, 0.3) is 0 Å². The van der Waals surface area contributed by atoms with E-state index in [1.807, 2.05) is 18.6 Å². The minimum Gasteiger partial charge on any atom is -0.472 e. The van der Waals surface area contributed by atoms with Gasteiger partial charge < -0.3 is 13.9 Å². The Hall–Kier alpha value is -1.37. The van der Waals surface area contributed by atoms with Crippen LogP contribution in [0.3, 0.4) is 0 Å². The number of hydrogen-bond donors (Lipinski definition) is 0. The SMILES string of the molecule is CSC(=S)O[C@@H]1[C@@H]2OC[C@]3(C)C=CC(=O)[C@](C)([C@H]4CC[C@]5(C)C(=CC[C@H]5c5ccoc5)[C@@]41C)[C@@H]23. The van der Waals surface area contributed by atoms with Crippen LogP contribution in [-0.4, -0.2) is 35.2 Å². The molecule has 0 N–H and O–H groups in total. The van der Waals surface area contributed by atoms with Crippen molar-refractivity contribution in [3.63, 3.8) is 0 Å². The van der Waals surface area contributed by atoms with Crippen molar-refractivity contribution in [1.29, 1.82) is 0 Å². The molecule has 0 radical (unpaired) electrons. The minimum atomic E-state index is -0.490. The van der Waals surface area contributed by atoms with Gasteiger partial charge >= 0.3 is 0 Å². The van der Waals surface area contributed by atoms with Crippen molar-refractivity contribution in [3.8, 4) is 0 Å². The summed E-state index contributed by atoms with van der Waals surface area (Å²) in [6.45, 7) is 9.84. The average molecular weight is 499 g/mol. The molecular weight excluding hydrogens is 464 g/mol. The quantitative estimate of drug-likeness (QED) is 0.351. The lowest BCUT2D eigenvalue weighted by atomic mass is 9.38. The highest BCUT2D eigenvalue weighted by molar-refractivity contribution is 8.22. The summed E-state index contributed by atoms with van der Waals surface area (Å²) in [5, 5.41) is 0. The molecule has 0 bridgehead atoms. The summed E-state index contributed by atoms with van der Waals surface area (Å²) >= 11 is 7.10. The molecular formula is C28H34O4S2. The minimum absolute atomic E-state index is 0.0175. The van der Waals surface area contributed by atoms with Crippen LogP contribution in [0, 0.1) is 33.5 Å². The number of fused-ring (bicyclic) bond motifs is 4. The van der Waals surface area contributed by atoms with E-state index < -0.39 is 5.41 Å². The van der Waals surface area contributed by atoms with Crippen LogP contribution in [0.4, 0.5) is 0 Å². The van der Waals surface area contributed by atoms with E-state index >= 15 is 0 Å². The van der Waals surface area contributed by atoms with Crippen molar-refractivity contribution in [2.45, 2.75) is 65.1 Å². The van der Waals surface area contributed by atoms with Crippen molar-refractivity contribution >= 4 is 34.1 Å². The third-order valence-corrected chi connectivity index (χ3v) is 11.6. The van der Waals surface area contributed by atoms with Gasteiger partial charge in [0.1, 0.15) is 6.10 Å². The van der Waals surface area contributed by atoms with E-state index in [2.05, 4.69) is 45.9 Å². The van der Waals surface area contributed by atoms with Crippen LogP contribution in [0.15, 0.2) is 46.8 Å². The molecule has 34 heavy (non-hydrogen) atoms. The normalized spacial score (nSPS) is 48.7. The summed E-state index contributed by atoms with van der Waals surface area (Å²) in [7, 11) is 0. The van der Waals surface area contributed by atoms with Crippen molar-refractivity contribution in [2.24, 2.45) is 33.5 Å². The number of thioether (sulfide) groups is 1. The highest BCUT2D eigenvalue weighted by Gasteiger charge is 2.75. The molecule has 6 heteroatoms. The summed E-state index contributed by atoms with van der Waals surface area (Å²) in [6, 6.07) is 2.11. The van der Waals surface area contributed by atoms with Crippen molar-refractivity contribution in [2.75, 3.05) is 12.9 Å². The van der Waals surface area contributed by atoms with Crippen LogP contribution in [-0.2, 0) is 14.3 Å². The molecule has 1 aromatic rings. The lowest BCUT2D eigenvalue weighted by Crippen LogP contribution is -2.69. The molecule has 4 aliphatic carbocycles. The number of furan rings is 1. The highest BCUT2D eigenvalue weighted by atomic mass is 32.2. The molecule has 0 unspecified atom stereocenters. The predicted octanol–water partition coefficient (Wildman–Crippen LogP) is 6.33. The van der Waals surface area contributed by atoms with E-state index in [1.165, 1.54) is 22.9 Å². The Kier molecular flexibility index (Phi) is 4.97. The molecule has 1 aromatic heterocycles. The van der Waals surface area contributed by atoms with E-state index in [1.54, 1.807) is 6.26 Å². The molecule has 4 nitrogen and oxygen atoms in total. The molecule has 2 heterocycles. The van der Waals surface area contributed by atoms with Gasteiger partial charge in [-0.3, -0.25) is 4.79 Å². The fourth-order valence-corrected chi connectivity index (χ4v) is 9.49. The zero-order valence-corrected chi connectivity index (χ0v) is 22.3. The first kappa shape index (κ1) is 23.1. The second-order valence-electron chi connectivity index (χ2n) is 12.0. The average Bonchev–Trinajstić information content (AvgIpc) is 3.52. The van der Waals surface area contributed by atoms with E-state index in [0.29, 0.717) is 16.9 Å². The second-order valence-corrected chi connectivity index (χ2v) is 13.4. The number of ketones is 1. The van der Waals surface area contributed by atoms with E-state index in [4.69, 9.17) is 26.1 Å². The maximum Gasteiger partial charge on any atom is 0.220 e. The molecule has 2 saturated carbocycles. The Balaban J connectivity index is 1.53. The molecule has 0 aromatic carbocycles. The number of rotatable bonds is 2. The molecule has 6 rings (SSSR count). The van der Waals surface area contributed by atoms with Gasteiger partial charge in [-0.15, -0.1) is 0 Å². The van der Waals surface area contributed by atoms with E-state index in [-0.39, 0.29) is 46.1 Å². The van der Waals surface area contributed by atoms with Gasteiger partial charge in [0.05, 0.1) is 25.2 Å². The predicted molar refractivity (Wildman–Crippen MR) is 138 cm³/mol. The summed E-state index contributed by atoms with van der Waals surface area (Å²) in [5.41, 5.74) is 1.66. The van der Waals surface area contributed by atoms with Crippen LogP contribution in [0.2, 0.25) is 0 Å². The molecule has 1 aliphatic heterocycles. The van der Waals surface area contributed by atoms with Crippen molar-refractivity contribution in [1.82, 2.24) is 0 Å². The first-order valence-corrected chi connectivity index (χ1v) is 14.1. The Morgan fingerprint density at radius 3 is 2.74 bits per heavy atom. The number of thiocarbonyl (C=S) groups is 1. The van der Waals surface area contributed by atoms with Gasteiger partial charge in [-0.1, -0.05) is 57.2 Å². The highest BCUT2D eigenvalue weighted by Crippen LogP contribution is 2.74. The third-order valence-electron chi connectivity index (χ3n) is 10.6. The van der Waals surface area contributed by atoms with Crippen LogP contribution < -0.4 is 0 Å². The van der Waals surface area contributed by atoms with Gasteiger partial charge in [0.2, 0.25) is 4.38 Å². The van der Waals surface area contributed by atoms with E-state index in [9.17, 15) is 4.79 Å². The Bertz CT molecular complexity index is 1110. The molecule has 5 aliphatic rings. The monoisotopic (exact) mass is 498 g/mol. The van der Waals surface area contributed by atoms with Gasteiger partial charge in [-0.2, -0.15) is 0 Å². The number of carbonyl (C=O) groups excluding carboxylic acids is 1. The zero-order valence-electron chi connectivity index (χ0n) is 20.6. The Labute approximate surface area is 211 Å². The molecule has 1 saturated heterocycles. The second kappa shape index (κ2) is 7.33. The topological polar surface area (TPSA) is 48.7 Å². The lowest BCUT2D eigenvalue weighted by Gasteiger charge is -2.66. The van der Waals surface area contributed by atoms with Gasteiger partial charge in [-0.25, -0.2) is 0 Å². The fourth-order valence-electron chi connectivity index (χ4n) is 9.19. The maximum atomic E-state index is 13.8. The van der Waals surface area contributed by atoms with Crippen LogP contribution in [0.5, 0.6) is 0 Å². The summed E-state index contributed by atoms with van der Waals surface area (Å²) in [6.07, 6.45) is 14.7. The van der Waals surface area contributed by atoms with Crippen LogP contribution in [0.1, 0.15) is 58.4 Å². The smallest absolute Gasteiger partial charge is 0.220 e.